The fourth-order valence-electron chi connectivity index (χ4n) is 8.93. The van der Waals surface area contributed by atoms with Crippen LogP contribution in [0.25, 0.3) is 0 Å². The zero-order valence-electron chi connectivity index (χ0n) is 21.0. The first-order valence-electron chi connectivity index (χ1n) is 13.4. The third-order valence-electron chi connectivity index (χ3n) is 10.5. The Morgan fingerprint density at radius 3 is 2.56 bits per heavy atom. The lowest BCUT2D eigenvalue weighted by Gasteiger charge is -2.58. The van der Waals surface area contributed by atoms with E-state index < -0.39 is 13.9 Å². The smallest absolute Gasteiger partial charge is 0.265 e. The van der Waals surface area contributed by atoms with Gasteiger partial charge in [0.2, 0.25) is 0 Å². The maximum atomic E-state index is 11.3. The van der Waals surface area contributed by atoms with Crippen LogP contribution in [0.1, 0.15) is 105 Å². The summed E-state index contributed by atoms with van der Waals surface area (Å²) < 4.78 is 16.2. The molecule has 1 unspecified atom stereocenters. The van der Waals surface area contributed by atoms with Crippen molar-refractivity contribution in [1.29, 1.82) is 0 Å². The number of hydrogen-bond donors (Lipinski definition) is 1. The predicted octanol–water partition coefficient (Wildman–Crippen LogP) is 6.87. The summed E-state index contributed by atoms with van der Waals surface area (Å²) in [5.41, 5.74) is 2.06. The average Bonchev–Trinajstić information content (AvgIpc) is 3.04. The summed E-state index contributed by atoms with van der Waals surface area (Å²) in [7, 11) is -4.66. The van der Waals surface area contributed by atoms with Crippen molar-refractivity contribution < 1.29 is 18.9 Å². The zero-order valence-corrected chi connectivity index (χ0v) is 21.9. The molecule has 3 saturated carbocycles. The molecule has 4 rings (SSSR count). The predicted molar refractivity (Wildman–Crippen MR) is 128 cm³/mol. The normalized spacial score (nSPS) is 44.2. The topological polar surface area (TPSA) is 69.6 Å². The van der Waals surface area contributed by atoms with E-state index in [0.717, 1.165) is 48.9 Å². The van der Waals surface area contributed by atoms with Gasteiger partial charge < -0.3 is 14.3 Å². The van der Waals surface area contributed by atoms with Crippen molar-refractivity contribution in [3.8, 4) is 0 Å². The fourth-order valence-corrected chi connectivity index (χ4v) is 9.49. The van der Waals surface area contributed by atoms with Crippen molar-refractivity contribution >= 4 is 7.82 Å². The van der Waals surface area contributed by atoms with Gasteiger partial charge in [-0.05, 0) is 97.7 Å². The van der Waals surface area contributed by atoms with E-state index in [1.54, 1.807) is 0 Å². The number of allylic oxidation sites excluding steroid dienone is 1. The molecule has 32 heavy (non-hydrogen) atoms. The molecule has 0 aromatic heterocycles. The maximum absolute atomic E-state index is 11.3. The molecule has 0 aromatic carbocycles. The van der Waals surface area contributed by atoms with Crippen molar-refractivity contribution in [2.75, 3.05) is 0 Å². The van der Waals surface area contributed by atoms with Gasteiger partial charge in [0.15, 0.2) is 0 Å². The van der Waals surface area contributed by atoms with Crippen LogP contribution >= 0.6 is 7.82 Å². The van der Waals surface area contributed by atoms with Crippen molar-refractivity contribution in [2.45, 2.75) is 111 Å². The molecule has 4 aliphatic carbocycles. The first-order chi connectivity index (χ1) is 14.9. The highest BCUT2D eigenvalue weighted by Gasteiger charge is 2.59. The summed E-state index contributed by atoms with van der Waals surface area (Å²) in [6.45, 7) is 12.3. The summed E-state index contributed by atoms with van der Waals surface area (Å²) in [5.74, 6) is 4.84. The van der Waals surface area contributed by atoms with Crippen molar-refractivity contribution in [2.24, 2.45) is 46.3 Å². The molecule has 0 bridgehead atoms. The van der Waals surface area contributed by atoms with Gasteiger partial charge in [0.25, 0.3) is 7.82 Å². The molecule has 0 spiro atoms. The molecular weight excluding hydrogens is 419 g/mol. The van der Waals surface area contributed by atoms with Crippen LogP contribution in [0, 0.1) is 46.3 Å². The first kappa shape index (κ1) is 25.0. The van der Waals surface area contributed by atoms with E-state index in [1.165, 1.54) is 50.5 Å². The van der Waals surface area contributed by atoms with Gasteiger partial charge >= 0.3 is 0 Å². The van der Waals surface area contributed by atoms with E-state index in [0.29, 0.717) is 17.8 Å². The summed E-state index contributed by atoms with van der Waals surface area (Å²) in [6, 6.07) is 0. The average molecular weight is 466 g/mol. The van der Waals surface area contributed by atoms with E-state index in [2.05, 4.69) is 40.7 Å². The highest BCUT2D eigenvalue weighted by atomic mass is 31.2. The number of rotatable bonds is 7. The highest BCUT2D eigenvalue weighted by molar-refractivity contribution is 7.44. The molecule has 0 aliphatic heterocycles. The molecule has 0 saturated heterocycles. The van der Waals surface area contributed by atoms with Gasteiger partial charge in [-0.2, -0.15) is 0 Å². The molecule has 0 radical (unpaired) electrons. The van der Waals surface area contributed by atoms with Crippen LogP contribution < -0.4 is 4.89 Å². The second kappa shape index (κ2) is 9.14. The van der Waals surface area contributed by atoms with Crippen LogP contribution in [0.5, 0.6) is 0 Å². The van der Waals surface area contributed by atoms with Gasteiger partial charge in [-0.25, -0.2) is 0 Å². The summed E-state index contributed by atoms with van der Waals surface area (Å²) >= 11 is 0. The van der Waals surface area contributed by atoms with Gasteiger partial charge in [0, 0.05) is 0 Å². The molecule has 4 aliphatic rings. The van der Waals surface area contributed by atoms with Gasteiger partial charge in [-0.15, -0.1) is 0 Å². The minimum absolute atomic E-state index is 0.174. The van der Waals surface area contributed by atoms with Crippen LogP contribution in [0.2, 0.25) is 0 Å². The number of hydrogen-bond acceptors (Lipinski definition) is 3. The van der Waals surface area contributed by atoms with Gasteiger partial charge in [-0.1, -0.05) is 65.5 Å². The first-order valence-corrected chi connectivity index (χ1v) is 14.9. The Morgan fingerprint density at radius 2 is 1.88 bits per heavy atom. The van der Waals surface area contributed by atoms with Crippen molar-refractivity contribution in [1.82, 2.24) is 0 Å². The maximum Gasteiger partial charge on any atom is 0.265 e. The number of phosphoric acid groups is 1. The Balaban J connectivity index is 1.46. The van der Waals surface area contributed by atoms with Gasteiger partial charge in [-0.3, -0.25) is 4.57 Å². The van der Waals surface area contributed by atoms with Crippen LogP contribution in [0.3, 0.4) is 0 Å². The Hall–Kier alpha value is -0.150. The van der Waals surface area contributed by atoms with Crippen LogP contribution in [0.4, 0.5) is 0 Å². The molecule has 0 heterocycles. The van der Waals surface area contributed by atoms with E-state index in [1.807, 2.05) is 0 Å². The molecule has 0 aromatic rings. The monoisotopic (exact) mass is 465 g/mol. The van der Waals surface area contributed by atoms with E-state index in [4.69, 9.17) is 9.42 Å². The zero-order chi connectivity index (χ0) is 23.3. The third kappa shape index (κ3) is 4.68. The Bertz CT molecular complexity index is 757. The molecular formula is C27H46O4P-. The summed E-state index contributed by atoms with van der Waals surface area (Å²) in [5, 5.41) is 0. The SMILES string of the molecule is CC(C)CCC[C@@H](C)[C@H]1CC[C@H]2[C@@H]3CC=C4C[C@@H](OP(=O)([O-])O)CC[C@]4(C)[C@H]3CC[C@]12C. The summed E-state index contributed by atoms with van der Waals surface area (Å²) in [4.78, 5) is 20.4. The van der Waals surface area contributed by atoms with Crippen molar-refractivity contribution in [3.05, 3.63) is 11.6 Å². The lowest BCUT2D eigenvalue weighted by atomic mass is 9.47. The Kier molecular flexibility index (Phi) is 7.13. The standard InChI is InChI=1S/C27H47O4P/c1-18(2)7-6-8-19(3)23-11-12-24-22-10-9-20-17-21(31-32(28,29)30)13-15-26(20,4)25(22)14-16-27(23,24)5/h9,18-19,21-25H,6-8,10-17H2,1-5H3,(H2,28,29,30)/p-1/t19-,21+,22+,23-,24+,25+,26+,27-/m1/s1. The minimum atomic E-state index is -4.66. The van der Waals surface area contributed by atoms with Gasteiger partial charge in [0.05, 0.1) is 6.10 Å². The lowest BCUT2D eigenvalue weighted by molar-refractivity contribution is -0.225. The largest absolute Gasteiger partial charge is 0.756 e. The molecule has 184 valence electrons. The Labute approximate surface area is 196 Å². The quantitative estimate of drug-likeness (QED) is 0.329. The van der Waals surface area contributed by atoms with Crippen LogP contribution in [-0.4, -0.2) is 11.0 Å². The molecule has 0 amide bonds. The third-order valence-corrected chi connectivity index (χ3v) is 11.1. The molecule has 5 heteroatoms. The number of phosphoric ester groups is 1. The highest BCUT2D eigenvalue weighted by Crippen LogP contribution is 2.67. The number of fused-ring (bicyclic) bond motifs is 5. The molecule has 4 nitrogen and oxygen atoms in total. The van der Waals surface area contributed by atoms with Gasteiger partial charge in [0.1, 0.15) is 0 Å². The minimum Gasteiger partial charge on any atom is -0.756 e. The summed E-state index contributed by atoms with van der Waals surface area (Å²) in [6.07, 6.45) is 15.1. The van der Waals surface area contributed by atoms with E-state index >= 15 is 0 Å². The molecule has 3 fully saturated rings. The van der Waals surface area contributed by atoms with Crippen LogP contribution in [-0.2, 0) is 9.09 Å². The van der Waals surface area contributed by atoms with Crippen LogP contribution in [0.15, 0.2) is 11.6 Å². The second-order valence-corrected chi connectivity index (χ2v) is 13.9. The van der Waals surface area contributed by atoms with E-state index in [9.17, 15) is 9.46 Å². The molecule has 9 atom stereocenters. The second-order valence-electron chi connectivity index (χ2n) is 12.7. The van der Waals surface area contributed by atoms with Crippen molar-refractivity contribution in [3.63, 3.8) is 0 Å². The Morgan fingerprint density at radius 1 is 1.12 bits per heavy atom. The fraction of sp³-hybridized carbons (Fsp3) is 0.926. The lowest BCUT2D eigenvalue weighted by Crippen LogP contribution is -2.51. The molecule has 1 N–H and O–H groups in total. The van der Waals surface area contributed by atoms with E-state index in [-0.39, 0.29) is 5.41 Å².